The average molecular weight is 534 g/mol. The molecule has 2 aliphatic heterocycles. The molecule has 206 valence electrons. The first-order valence-corrected chi connectivity index (χ1v) is 14.5. The summed E-state index contributed by atoms with van der Waals surface area (Å²) in [4.78, 5) is 0. The molecule has 3 aromatic rings. The molecule has 0 aromatic heterocycles. The second kappa shape index (κ2) is 8.61. The highest BCUT2D eigenvalue weighted by atomic mass is 16.7. The van der Waals surface area contributed by atoms with Gasteiger partial charge in [0.05, 0.1) is 22.4 Å². The van der Waals surface area contributed by atoms with Crippen LogP contribution in [0.3, 0.4) is 0 Å². The first-order chi connectivity index (χ1) is 18.5. The highest BCUT2D eigenvalue weighted by Crippen LogP contribution is 2.52. The monoisotopic (exact) mass is 534 g/mol. The van der Waals surface area contributed by atoms with Gasteiger partial charge in [0.2, 0.25) is 0 Å². The normalized spacial score (nSPS) is 22.9. The van der Waals surface area contributed by atoms with Crippen LogP contribution in [-0.4, -0.2) is 44.5 Å². The van der Waals surface area contributed by atoms with Crippen molar-refractivity contribution < 1.29 is 18.6 Å². The van der Waals surface area contributed by atoms with Crippen molar-refractivity contribution in [3.63, 3.8) is 0 Å². The summed E-state index contributed by atoms with van der Waals surface area (Å²) in [6.45, 7) is 21.4. The van der Waals surface area contributed by atoms with Crippen molar-refractivity contribution in [2.45, 2.75) is 97.1 Å². The Kier molecular flexibility index (Phi) is 5.99. The van der Waals surface area contributed by atoms with Crippen molar-refractivity contribution in [1.29, 1.82) is 0 Å². The molecule has 1 aliphatic carbocycles. The smallest absolute Gasteiger partial charge is 0.399 e. The molecule has 0 bridgehead atoms. The third-order valence-corrected chi connectivity index (χ3v) is 10.3. The Morgan fingerprint density at radius 2 is 0.950 bits per heavy atom. The average Bonchev–Trinajstić information content (AvgIpc) is 3.33. The number of hydrogen-bond acceptors (Lipinski definition) is 4. The standard InChI is InChI=1S/C33H41B3O4/c1-20-15-21(17-22(34)16-20)33(10)27-18-23(35-37-29(2,3)30(4,5)38-35)11-13-25(27)26-14-12-24(19-28(26)33)36-39-31(6,7)32(8,9)40-36/h11-19H,34H2,1-10H3. The maximum Gasteiger partial charge on any atom is 0.494 e. The van der Waals surface area contributed by atoms with Crippen LogP contribution < -0.4 is 16.4 Å². The van der Waals surface area contributed by atoms with Gasteiger partial charge in [-0.25, -0.2) is 0 Å². The Labute approximate surface area is 241 Å². The van der Waals surface area contributed by atoms with Gasteiger partial charge >= 0.3 is 14.2 Å². The number of benzene rings is 3. The minimum atomic E-state index is -0.414. The number of hydrogen-bond donors (Lipinski definition) is 0. The van der Waals surface area contributed by atoms with E-state index in [-0.39, 0.29) is 5.41 Å². The van der Waals surface area contributed by atoms with Gasteiger partial charge in [0.25, 0.3) is 0 Å². The summed E-state index contributed by atoms with van der Waals surface area (Å²) >= 11 is 0. The summed E-state index contributed by atoms with van der Waals surface area (Å²) in [7, 11) is 1.35. The van der Waals surface area contributed by atoms with Crippen LogP contribution in [0.4, 0.5) is 0 Å². The van der Waals surface area contributed by atoms with Crippen LogP contribution in [0.5, 0.6) is 0 Å². The van der Waals surface area contributed by atoms with E-state index in [2.05, 4.69) is 132 Å². The number of fused-ring (bicyclic) bond motifs is 3. The molecule has 2 fully saturated rings. The fourth-order valence-corrected chi connectivity index (χ4v) is 6.39. The van der Waals surface area contributed by atoms with E-state index in [1.54, 1.807) is 0 Å². The van der Waals surface area contributed by atoms with Crippen LogP contribution in [-0.2, 0) is 24.0 Å². The molecule has 4 nitrogen and oxygen atoms in total. The Morgan fingerprint density at radius 1 is 0.550 bits per heavy atom. The lowest BCUT2D eigenvalue weighted by atomic mass is 9.68. The van der Waals surface area contributed by atoms with Gasteiger partial charge in [0.15, 0.2) is 0 Å². The lowest BCUT2D eigenvalue weighted by molar-refractivity contribution is 0.00578. The Balaban J connectivity index is 1.51. The summed E-state index contributed by atoms with van der Waals surface area (Å²) in [5, 5.41) is 0. The van der Waals surface area contributed by atoms with Crippen molar-refractivity contribution in [2.24, 2.45) is 0 Å². The minimum Gasteiger partial charge on any atom is -0.399 e. The molecule has 7 heteroatoms. The second-order valence-electron chi connectivity index (χ2n) is 14.3. The van der Waals surface area contributed by atoms with Crippen LogP contribution in [0.2, 0.25) is 0 Å². The molecule has 6 rings (SSSR count). The van der Waals surface area contributed by atoms with Crippen molar-refractivity contribution in [2.75, 3.05) is 0 Å². The van der Waals surface area contributed by atoms with Gasteiger partial charge in [-0.1, -0.05) is 65.6 Å². The fraction of sp³-hybridized carbons (Fsp3) is 0.455. The van der Waals surface area contributed by atoms with Crippen LogP contribution in [0.1, 0.15) is 84.6 Å². The lowest BCUT2D eigenvalue weighted by Crippen LogP contribution is -2.41. The van der Waals surface area contributed by atoms with Gasteiger partial charge in [-0.05, 0) is 108 Å². The predicted molar refractivity (Wildman–Crippen MR) is 168 cm³/mol. The van der Waals surface area contributed by atoms with Crippen molar-refractivity contribution in [1.82, 2.24) is 0 Å². The molecule has 2 heterocycles. The zero-order chi connectivity index (χ0) is 29.0. The maximum absolute atomic E-state index is 6.47. The molecule has 40 heavy (non-hydrogen) atoms. The Morgan fingerprint density at radius 3 is 1.32 bits per heavy atom. The quantitative estimate of drug-likeness (QED) is 0.473. The van der Waals surface area contributed by atoms with E-state index in [1.807, 2.05) is 0 Å². The molecular formula is C33H41B3O4. The largest absolute Gasteiger partial charge is 0.494 e. The minimum absolute atomic E-state index is 0.374. The third kappa shape index (κ3) is 4.00. The molecule has 0 saturated carbocycles. The summed E-state index contributed by atoms with van der Waals surface area (Å²) < 4.78 is 25.9. The molecule has 3 aliphatic rings. The molecule has 0 N–H and O–H groups in total. The molecule has 0 radical (unpaired) electrons. The number of aryl methyl sites for hydroxylation is 1. The molecule has 2 saturated heterocycles. The highest BCUT2D eigenvalue weighted by molar-refractivity contribution is 6.62. The zero-order valence-corrected chi connectivity index (χ0v) is 26.0. The van der Waals surface area contributed by atoms with E-state index in [4.69, 9.17) is 18.6 Å². The maximum atomic E-state index is 6.47. The van der Waals surface area contributed by atoms with Gasteiger partial charge in [0.1, 0.15) is 7.85 Å². The lowest BCUT2D eigenvalue weighted by Gasteiger charge is -2.32. The molecule has 0 atom stereocenters. The third-order valence-electron chi connectivity index (χ3n) is 10.3. The van der Waals surface area contributed by atoms with Gasteiger partial charge in [0, 0.05) is 5.41 Å². The zero-order valence-electron chi connectivity index (χ0n) is 26.0. The predicted octanol–water partition coefficient (Wildman–Crippen LogP) is 4.19. The van der Waals surface area contributed by atoms with E-state index < -0.39 is 36.6 Å². The summed E-state index contributed by atoms with van der Waals surface area (Å²) in [6.07, 6.45) is 0. The summed E-state index contributed by atoms with van der Waals surface area (Å²) in [6, 6.07) is 20.3. The van der Waals surface area contributed by atoms with E-state index in [0.717, 1.165) is 10.9 Å². The van der Waals surface area contributed by atoms with E-state index in [9.17, 15) is 0 Å². The van der Waals surface area contributed by atoms with Crippen LogP contribution in [0, 0.1) is 6.92 Å². The molecule has 0 unspecified atom stereocenters. The molecule has 0 amide bonds. The Hall–Kier alpha value is -2.31. The first-order valence-electron chi connectivity index (χ1n) is 14.5. The Bertz CT molecular complexity index is 1390. The summed E-state index contributed by atoms with van der Waals surface area (Å²) in [5.74, 6) is 0. The van der Waals surface area contributed by atoms with Crippen molar-refractivity contribution in [3.8, 4) is 11.1 Å². The molecular weight excluding hydrogens is 493 g/mol. The van der Waals surface area contributed by atoms with Crippen molar-refractivity contribution >= 4 is 38.5 Å². The van der Waals surface area contributed by atoms with E-state index in [0.29, 0.717) is 0 Å². The van der Waals surface area contributed by atoms with Gasteiger partial charge in [-0.2, -0.15) is 0 Å². The first kappa shape index (κ1) is 27.8. The second-order valence-corrected chi connectivity index (χ2v) is 14.3. The molecule has 0 spiro atoms. The van der Waals surface area contributed by atoms with Gasteiger partial charge in [-0.15, -0.1) is 0 Å². The fourth-order valence-electron chi connectivity index (χ4n) is 6.39. The highest BCUT2D eigenvalue weighted by Gasteiger charge is 2.54. The molecule has 3 aromatic carbocycles. The number of rotatable bonds is 3. The van der Waals surface area contributed by atoms with Gasteiger partial charge < -0.3 is 18.6 Å². The van der Waals surface area contributed by atoms with Crippen LogP contribution in [0.15, 0.2) is 54.6 Å². The van der Waals surface area contributed by atoms with Crippen LogP contribution in [0.25, 0.3) is 11.1 Å². The van der Waals surface area contributed by atoms with E-state index >= 15 is 0 Å². The van der Waals surface area contributed by atoms with E-state index in [1.165, 1.54) is 38.8 Å². The van der Waals surface area contributed by atoms with Crippen LogP contribution >= 0.6 is 0 Å². The van der Waals surface area contributed by atoms with Crippen molar-refractivity contribution in [3.05, 3.63) is 76.9 Å². The van der Waals surface area contributed by atoms with Gasteiger partial charge in [-0.3, -0.25) is 0 Å². The SMILES string of the molecule is Bc1cc(C)cc(C2(C)c3cc(B4OC(C)(C)C(C)(C)O4)ccc3-c3ccc(B4OC(C)(C)C(C)(C)O4)cc32)c1. The topological polar surface area (TPSA) is 36.9 Å². The summed E-state index contributed by atoms with van der Waals surface area (Å²) in [5.41, 5.74) is 8.98.